The largest absolute Gasteiger partial charge is 0.452 e. The quantitative estimate of drug-likeness (QED) is 0.506. The second-order valence-corrected chi connectivity index (χ2v) is 8.42. The predicted octanol–water partition coefficient (Wildman–Crippen LogP) is 5.97. The zero-order valence-electron chi connectivity index (χ0n) is 16.0. The Balaban J connectivity index is 1.67. The molecule has 0 radical (unpaired) electrons. The van der Waals surface area contributed by atoms with Crippen LogP contribution in [-0.2, 0) is 6.18 Å². The first kappa shape index (κ1) is 22.6. The maximum atomic E-state index is 13.2. The van der Waals surface area contributed by atoms with Crippen molar-refractivity contribution in [2.45, 2.75) is 51.4 Å². The number of carbonyl (C=O) groups is 1. The molecule has 0 aromatic carbocycles. The molecule has 3 rings (SSSR count). The van der Waals surface area contributed by atoms with Gasteiger partial charge in [-0.2, -0.15) is 13.2 Å². The van der Waals surface area contributed by atoms with E-state index in [1.165, 1.54) is 19.1 Å². The van der Waals surface area contributed by atoms with E-state index in [0.717, 1.165) is 17.8 Å². The van der Waals surface area contributed by atoms with Crippen LogP contribution in [0.25, 0.3) is 10.6 Å². The number of alkyl halides is 6. The molecule has 30 heavy (non-hydrogen) atoms. The normalized spacial score (nSPS) is 18.8. The third-order valence-corrected chi connectivity index (χ3v) is 6.24. The van der Waals surface area contributed by atoms with Crippen molar-refractivity contribution in [3.63, 3.8) is 0 Å². The number of thiophene rings is 1. The van der Waals surface area contributed by atoms with E-state index in [1.54, 1.807) is 4.90 Å². The van der Waals surface area contributed by atoms with Gasteiger partial charge in [0, 0.05) is 18.7 Å². The fourth-order valence-corrected chi connectivity index (χ4v) is 4.58. The van der Waals surface area contributed by atoms with Gasteiger partial charge in [0.05, 0.1) is 9.75 Å². The molecular formula is C19H20F6N2O2S. The Morgan fingerprint density at radius 1 is 1.33 bits per heavy atom. The van der Waals surface area contributed by atoms with E-state index in [9.17, 15) is 31.1 Å². The van der Waals surface area contributed by atoms with E-state index in [4.69, 9.17) is 0 Å². The average molecular weight is 454 g/mol. The van der Waals surface area contributed by atoms with Crippen molar-refractivity contribution >= 4 is 17.2 Å². The van der Waals surface area contributed by atoms with Crippen LogP contribution in [0, 0.1) is 12.8 Å². The molecule has 2 aromatic heterocycles. The highest BCUT2D eigenvalue weighted by Gasteiger charge is 2.39. The van der Waals surface area contributed by atoms with Crippen molar-refractivity contribution in [1.29, 1.82) is 0 Å². The molecular weight excluding hydrogens is 434 g/mol. The SMILES string of the molecule is Cc1c(-c2ccc(C(=O)N3CCCC(CCC(F)C(F)F)C3)s2)noc1C(F)(F)F. The molecule has 1 amide bonds. The van der Waals surface area contributed by atoms with Crippen LogP contribution in [0.15, 0.2) is 16.7 Å². The fourth-order valence-electron chi connectivity index (χ4n) is 3.57. The highest BCUT2D eigenvalue weighted by atomic mass is 32.1. The Kier molecular flexibility index (Phi) is 6.78. The number of aromatic nitrogens is 1. The molecule has 0 spiro atoms. The Morgan fingerprint density at radius 3 is 2.70 bits per heavy atom. The molecule has 1 aliphatic rings. The summed E-state index contributed by atoms with van der Waals surface area (Å²) in [6.07, 6.45) is -8.40. The zero-order valence-corrected chi connectivity index (χ0v) is 16.8. The number of piperidine rings is 1. The lowest BCUT2D eigenvalue weighted by molar-refractivity contribution is -0.156. The van der Waals surface area contributed by atoms with E-state index < -0.39 is 24.5 Å². The maximum Gasteiger partial charge on any atom is 0.452 e. The number of amides is 1. The van der Waals surface area contributed by atoms with Crippen LogP contribution in [0.4, 0.5) is 26.3 Å². The lowest BCUT2D eigenvalue weighted by atomic mass is 9.92. The molecule has 0 bridgehead atoms. The average Bonchev–Trinajstić information content (AvgIpc) is 3.31. The molecule has 1 fully saturated rings. The summed E-state index contributed by atoms with van der Waals surface area (Å²) in [4.78, 5) is 15.1. The van der Waals surface area contributed by atoms with Gasteiger partial charge in [-0.3, -0.25) is 4.79 Å². The Labute approximate surface area is 172 Å². The number of carbonyl (C=O) groups excluding carboxylic acids is 1. The molecule has 2 atom stereocenters. The van der Waals surface area contributed by atoms with Crippen molar-refractivity contribution in [3.05, 3.63) is 28.3 Å². The molecule has 2 aromatic rings. The second kappa shape index (κ2) is 8.99. The lowest BCUT2D eigenvalue weighted by Gasteiger charge is -2.32. The highest BCUT2D eigenvalue weighted by molar-refractivity contribution is 7.17. The molecule has 0 saturated carbocycles. The Bertz CT molecular complexity index is 879. The number of hydrogen-bond acceptors (Lipinski definition) is 4. The van der Waals surface area contributed by atoms with Gasteiger partial charge in [-0.25, -0.2) is 13.2 Å². The van der Waals surface area contributed by atoms with E-state index in [0.29, 0.717) is 29.3 Å². The molecule has 4 nitrogen and oxygen atoms in total. The molecule has 0 N–H and O–H groups in total. The Morgan fingerprint density at radius 2 is 2.07 bits per heavy atom. The van der Waals surface area contributed by atoms with Crippen molar-refractivity contribution < 1.29 is 35.7 Å². The fraction of sp³-hybridized carbons (Fsp3) is 0.579. The zero-order chi connectivity index (χ0) is 22.1. The smallest absolute Gasteiger partial charge is 0.351 e. The number of halogens is 6. The number of likely N-dealkylation sites (tertiary alicyclic amines) is 1. The summed E-state index contributed by atoms with van der Waals surface area (Å²) in [6, 6.07) is 3.03. The molecule has 2 unspecified atom stereocenters. The topological polar surface area (TPSA) is 46.3 Å². The van der Waals surface area contributed by atoms with Gasteiger partial charge in [0.2, 0.25) is 5.76 Å². The minimum atomic E-state index is -4.66. The summed E-state index contributed by atoms with van der Waals surface area (Å²) < 4.78 is 80.9. The predicted molar refractivity (Wildman–Crippen MR) is 98.3 cm³/mol. The van der Waals surface area contributed by atoms with Crippen molar-refractivity contribution in [2.75, 3.05) is 13.1 Å². The molecule has 166 valence electrons. The first-order chi connectivity index (χ1) is 14.1. The summed E-state index contributed by atoms with van der Waals surface area (Å²) >= 11 is 1.01. The lowest BCUT2D eigenvalue weighted by Crippen LogP contribution is -2.39. The van der Waals surface area contributed by atoms with Crippen molar-refractivity contribution in [3.8, 4) is 10.6 Å². The third-order valence-electron chi connectivity index (χ3n) is 5.16. The van der Waals surface area contributed by atoms with E-state index >= 15 is 0 Å². The first-order valence-corrected chi connectivity index (χ1v) is 10.2. The Hall–Kier alpha value is -2.04. The van der Waals surface area contributed by atoms with Crippen LogP contribution in [0.3, 0.4) is 0 Å². The van der Waals surface area contributed by atoms with Gasteiger partial charge in [-0.05, 0) is 50.7 Å². The van der Waals surface area contributed by atoms with Gasteiger partial charge in [0.15, 0.2) is 6.17 Å². The van der Waals surface area contributed by atoms with Crippen molar-refractivity contribution in [2.24, 2.45) is 5.92 Å². The van der Waals surface area contributed by atoms with Crippen LogP contribution in [-0.4, -0.2) is 41.7 Å². The third kappa shape index (κ3) is 4.98. The van der Waals surface area contributed by atoms with Crippen molar-refractivity contribution in [1.82, 2.24) is 10.1 Å². The van der Waals surface area contributed by atoms with Gasteiger partial charge in [-0.1, -0.05) is 5.16 Å². The molecule has 3 heterocycles. The number of rotatable bonds is 6. The number of nitrogens with zero attached hydrogens (tertiary/aromatic N) is 2. The van der Waals surface area contributed by atoms with Crippen LogP contribution >= 0.6 is 11.3 Å². The standard InChI is InChI=1S/C19H20F6N2O2S/c1-10-15(26-29-16(10)19(23,24)25)13-6-7-14(30-13)18(28)27-8-2-3-11(9-27)4-5-12(20)17(21)22/h6-7,11-12,17H,2-5,8-9H2,1H3. The molecule has 1 aliphatic heterocycles. The summed E-state index contributed by atoms with van der Waals surface area (Å²) in [5.74, 6) is -1.53. The summed E-state index contributed by atoms with van der Waals surface area (Å²) in [5.41, 5.74) is -0.120. The van der Waals surface area contributed by atoms with E-state index in [1.807, 2.05) is 0 Å². The van der Waals surface area contributed by atoms with E-state index in [2.05, 4.69) is 9.68 Å². The van der Waals surface area contributed by atoms with Crippen LogP contribution in [0.1, 0.15) is 46.7 Å². The second-order valence-electron chi connectivity index (χ2n) is 7.33. The van der Waals surface area contributed by atoms with Crippen LogP contribution in [0.5, 0.6) is 0 Å². The van der Waals surface area contributed by atoms with Gasteiger partial charge in [0.25, 0.3) is 12.3 Å². The molecule has 1 saturated heterocycles. The summed E-state index contributed by atoms with van der Waals surface area (Å²) in [7, 11) is 0. The monoisotopic (exact) mass is 454 g/mol. The van der Waals surface area contributed by atoms with Gasteiger partial charge < -0.3 is 9.42 Å². The van der Waals surface area contributed by atoms with Gasteiger partial charge in [-0.15, -0.1) is 11.3 Å². The van der Waals surface area contributed by atoms with E-state index in [-0.39, 0.29) is 35.9 Å². The van der Waals surface area contributed by atoms with Crippen LogP contribution in [0.2, 0.25) is 0 Å². The summed E-state index contributed by atoms with van der Waals surface area (Å²) in [6.45, 7) is 2.07. The molecule has 0 aliphatic carbocycles. The highest BCUT2D eigenvalue weighted by Crippen LogP contribution is 2.38. The maximum absolute atomic E-state index is 13.2. The first-order valence-electron chi connectivity index (χ1n) is 9.43. The minimum Gasteiger partial charge on any atom is -0.351 e. The van der Waals surface area contributed by atoms with Gasteiger partial charge >= 0.3 is 6.18 Å². The summed E-state index contributed by atoms with van der Waals surface area (Å²) in [5, 5.41) is 3.50. The van der Waals surface area contributed by atoms with Crippen LogP contribution < -0.4 is 0 Å². The number of hydrogen-bond donors (Lipinski definition) is 0. The minimum absolute atomic E-state index is 0.0314. The van der Waals surface area contributed by atoms with Gasteiger partial charge in [0.1, 0.15) is 5.69 Å². The molecule has 11 heteroatoms.